The van der Waals surface area contributed by atoms with E-state index >= 15 is 0 Å². The molecule has 4 nitrogen and oxygen atoms in total. The number of fused-ring (bicyclic) bond motifs is 1. The van der Waals surface area contributed by atoms with Crippen molar-refractivity contribution >= 4 is 51.8 Å². The molecule has 0 aliphatic carbocycles. The van der Waals surface area contributed by atoms with Crippen LogP contribution in [0.25, 0.3) is 22.1 Å². The van der Waals surface area contributed by atoms with Crippen molar-refractivity contribution in [3.63, 3.8) is 0 Å². The summed E-state index contributed by atoms with van der Waals surface area (Å²) >= 11 is 12.6. The maximum Gasteiger partial charge on any atom is 0.326 e. The number of benzene rings is 3. The van der Waals surface area contributed by atoms with Crippen LogP contribution in [0.5, 0.6) is 0 Å². The fraction of sp³-hybridized carbons (Fsp3) is 0. The summed E-state index contributed by atoms with van der Waals surface area (Å²) in [5, 5.41) is 7.43. The van der Waals surface area contributed by atoms with Crippen LogP contribution in [0, 0.1) is 0 Å². The maximum atomic E-state index is 12.5. The predicted octanol–water partition coefficient (Wildman–Crippen LogP) is 7.05. The van der Waals surface area contributed by atoms with Crippen molar-refractivity contribution in [2.75, 3.05) is 10.6 Å². The Hall–Kier alpha value is -2.95. The van der Waals surface area contributed by atoms with Gasteiger partial charge >= 0.3 is 6.03 Å². The minimum absolute atomic E-state index is 0.300. The third-order valence-corrected chi connectivity index (χ3v) is 4.62. The molecule has 0 aliphatic heterocycles. The van der Waals surface area contributed by atoms with Crippen LogP contribution in [0.3, 0.4) is 0 Å². The van der Waals surface area contributed by atoms with E-state index in [2.05, 4.69) is 10.6 Å². The van der Waals surface area contributed by atoms with E-state index in [1.54, 1.807) is 36.4 Å². The number of carbonyl (C=O) groups is 1. The summed E-state index contributed by atoms with van der Waals surface area (Å²) in [4.78, 5) is 12.5. The van der Waals surface area contributed by atoms with E-state index in [1.807, 2.05) is 36.4 Å². The second kappa shape index (κ2) is 7.35. The summed E-state index contributed by atoms with van der Waals surface area (Å²) in [7, 11) is 0. The standard InChI is InChI=1S/C21H14Cl2N2O2/c22-13-10-11-18-16(12-13)19(15-8-4-5-9-17(15)23)20(27-18)25-21(26)24-14-6-2-1-3-7-14/h1-12H,(H2,24,25,26). The zero-order valence-corrected chi connectivity index (χ0v) is 15.5. The number of carbonyl (C=O) groups excluding carboxylic acids is 1. The lowest BCUT2D eigenvalue weighted by Crippen LogP contribution is -2.19. The summed E-state index contributed by atoms with van der Waals surface area (Å²) in [5.41, 5.74) is 2.70. The van der Waals surface area contributed by atoms with E-state index in [1.165, 1.54) is 0 Å². The van der Waals surface area contributed by atoms with Crippen LogP contribution in [-0.2, 0) is 0 Å². The number of hydrogen-bond acceptors (Lipinski definition) is 2. The Balaban J connectivity index is 1.77. The molecule has 0 bridgehead atoms. The summed E-state index contributed by atoms with van der Waals surface area (Å²) < 4.78 is 5.88. The molecule has 0 fully saturated rings. The Morgan fingerprint density at radius 3 is 2.37 bits per heavy atom. The predicted molar refractivity (Wildman–Crippen MR) is 111 cm³/mol. The molecule has 0 saturated heterocycles. The third-order valence-electron chi connectivity index (χ3n) is 4.05. The normalized spacial score (nSPS) is 10.7. The highest BCUT2D eigenvalue weighted by molar-refractivity contribution is 6.34. The number of rotatable bonds is 3. The minimum Gasteiger partial charge on any atom is -0.440 e. The van der Waals surface area contributed by atoms with Crippen molar-refractivity contribution in [2.24, 2.45) is 0 Å². The highest BCUT2D eigenvalue weighted by atomic mass is 35.5. The zero-order chi connectivity index (χ0) is 18.8. The minimum atomic E-state index is -0.417. The number of furan rings is 1. The molecule has 4 aromatic rings. The number of nitrogens with one attached hydrogen (secondary N) is 2. The van der Waals surface area contributed by atoms with Gasteiger partial charge in [0.05, 0.1) is 5.56 Å². The first kappa shape index (κ1) is 17.5. The van der Waals surface area contributed by atoms with Gasteiger partial charge in [-0.15, -0.1) is 0 Å². The van der Waals surface area contributed by atoms with Gasteiger partial charge in [-0.05, 0) is 36.4 Å². The second-order valence-electron chi connectivity index (χ2n) is 5.87. The van der Waals surface area contributed by atoms with Crippen molar-refractivity contribution in [2.45, 2.75) is 0 Å². The van der Waals surface area contributed by atoms with E-state index in [0.29, 0.717) is 32.8 Å². The van der Waals surface area contributed by atoms with Crippen LogP contribution in [0.15, 0.2) is 77.2 Å². The first-order valence-corrected chi connectivity index (χ1v) is 8.97. The van der Waals surface area contributed by atoms with Crippen molar-refractivity contribution in [3.8, 4) is 11.1 Å². The lowest BCUT2D eigenvalue weighted by Gasteiger charge is -2.08. The van der Waals surface area contributed by atoms with Gasteiger partial charge in [-0.25, -0.2) is 4.79 Å². The summed E-state index contributed by atoms with van der Waals surface area (Å²) in [6, 6.07) is 21.4. The van der Waals surface area contributed by atoms with Gasteiger partial charge in [0.25, 0.3) is 0 Å². The molecular formula is C21H14Cl2N2O2. The lowest BCUT2D eigenvalue weighted by atomic mass is 10.0. The number of urea groups is 1. The molecule has 134 valence electrons. The van der Waals surface area contributed by atoms with Gasteiger partial charge in [0, 0.05) is 26.7 Å². The molecule has 3 aromatic carbocycles. The molecule has 2 N–H and O–H groups in total. The smallest absolute Gasteiger partial charge is 0.326 e. The Morgan fingerprint density at radius 1 is 0.852 bits per heavy atom. The van der Waals surface area contributed by atoms with Crippen molar-refractivity contribution in [3.05, 3.63) is 82.8 Å². The zero-order valence-electron chi connectivity index (χ0n) is 14.0. The Morgan fingerprint density at radius 2 is 1.59 bits per heavy atom. The van der Waals surface area contributed by atoms with Gasteiger partial charge < -0.3 is 9.73 Å². The van der Waals surface area contributed by atoms with Gasteiger partial charge in [-0.1, -0.05) is 59.6 Å². The largest absolute Gasteiger partial charge is 0.440 e. The molecule has 1 heterocycles. The van der Waals surface area contributed by atoms with Gasteiger partial charge in [-0.3, -0.25) is 5.32 Å². The first-order valence-electron chi connectivity index (χ1n) is 8.22. The number of anilines is 2. The maximum absolute atomic E-state index is 12.5. The first-order chi connectivity index (χ1) is 13.1. The van der Waals surface area contributed by atoms with Crippen molar-refractivity contribution < 1.29 is 9.21 Å². The lowest BCUT2D eigenvalue weighted by molar-refractivity contribution is 0.261. The van der Waals surface area contributed by atoms with Gasteiger partial charge in [-0.2, -0.15) is 0 Å². The SMILES string of the molecule is O=C(Nc1ccccc1)Nc1oc2ccc(Cl)cc2c1-c1ccccc1Cl. The summed E-state index contributed by atoms with van der Waals surface area (Å²) in [6.07, 6.45) is 0. The quantitative estimate of drug-likeness (QED) is 0.389. The molecule has 6 heteroatoms. The fourth-order valence-electron chi connectivity index (χ4n) is 2.88. The molecule has 2 amide bonds. The molecule has 0 atom stereocenters. The van der Waals surface area contributed by atoms with E-state index in [9.17, 15) is 4.79 Å². The van der Waals surface area contributed by atoms with Crippen LogP contribution >= 0.6 is 23.2 Å². The monoisotopic (exact) mass is 396 g/mol. The van der Waals surface area contributed by atoms with Gasteiger partial charge in [0.15, 0.2) is 0 Å². The van der Waals surface area contributed by atoms with Crippen LogP contribution in [0.4, 0.5) is 16.4 Å². The van der Waals surface area contributed by atoms with E-state index in [0.717, 1.165) is 10.9 Å². The average molecular weight is 397 g/mol. The second-order valence-corrected chi connectivity index (χ2v) is 6.72. The molecule has 4 rings (SSSR count). The summed E-state index contributed by atoms with van der Waals surface area (Å²) in [5.74, 6) is 0.300. The van der Waals surface area contributed by atoms with Crippen LogP contribution < -0.4 is 10.6 Å². The highest BCUT2D eigenvalue weighted by Crippen LogP contribution is 2.42. The van der Waals surface area contributed by atoms with Gasteiger partial charge in [0.1, 0.15) is 5.58 Å². The Labute approximate surface area is 165 Å². The molecule has 1 aromatic heterocycles. The Bertz CT molecular complexity index is 1120. The Kier molecular flexibility index (Phi) is 4.75. The topological polar surface area (TPSA) is 54.3 Å². The molecule has 0 saturated carbocycles. The van der Waals surface area contributed by atoms with Crippen LogP contribution in [0.2, 0.25) is 10.0 Å². The molecule has 27 heavy (non-hydrogen) atoms. The molecule has 0 radical (unpaired) electrons. The van der Waals surface area contributed by atoms with Crippen molar-refractivity contribution in [1.29, 1.82) is 0 Å². The van der Waals surface area contributed by atoms with E-state index in [-0.39, 0.29) is 0 Å². The van der Waals surface area contributed by atoms with Gasteiger partial charge in [0.2, 0.25) is 5.88 Å². The van der Waals surface area contributed by atoms with Crippen LogP contribution in [0.1, 0.15) is 0 Å². The molecule has 0 unspecified atom stereocenters. The van der Waals surface area contributed by atoms with Crippen molar-refractivity contribution in [1.82, 2.24) is 0 Å². The molecular weight excluding hydrogens is 383 g/mol. The number of para-hydroxylation sites is 1. The highest BCUT2D eigenvalue weighted by Gasteiger charge is 2.20. The van der Waals surface area contributed by atoms with E-state index in [4.69, 9.17) is 27.6 Å². The van der Waals surface area contributed by atoms with E-state index < -0.39 is 6.03 Å². The number of halogens is 2. The van der Waals surface area contributed by atoms with Crippen LogP contribution in [-0.4, -0.2) is 6.03 Å². The average Bonchev–Trinajstić information content (AvgIpc) is 2.99. The fourth-order valence-corrected chi connectivity index (χ4v) is 3.28. The number of amides is 2. The number of hydrogen-bond donors (Lipinski definition) is 2. The summed E-state index contributed by atoms with van der Waals surface area (Å²) in [6.45, 7) is 0. The molecule has 0 aliphatic rings. The molecule has 0 spiro atoms. The third kappa shape index (κ3) is 3.63.